The van der Waals surface area contributed by atoms with Gasteiger partial charge in [-0.15, -0.1) is 23.2 Å². The van der Waals surface area contributed by atoms with Crippen LogP contribution in [0.1, 0.15) is 42.6 Å². The lowest BCUT2D eigenvalue weighted by Crippen LogP contribution is -2.28. The van der Waals surface area contributed by atoms with E-state index in [9.17, 15) is 27.6 Å². The second kappa shape index (κ2) is 12.1. The monoisotopic (exact) mass is 723 g/mol. The molecule has 7 nitrogen and oxygen atoms in total. The lowest BCUT2D eigenvalue weighted by atomic mass is 10.1. The fourth-order valence-corrected chi connectivity index (χ4v) is 5.66. The summed E-state index contributed by atoms with van der Waals surface area (Å²) in [5.74, 6) is -7.98. The largest absolute Gasteiger partial charge is 0.444 e. The zero-order valence-corrected chi connectivity index (χ0v) is 26.2. The van der Waals surface area contributed by atoms with Crippen molar-refractivity contribution in [3.05, 3.63) is 86.4 Å². The maximum Gasteiger partial charge on any atom is 0.412 e. The normalized spacial score (nSPS) is 17.2. The smallest absolute Gasteiger partial charge is 0.412 e. The van der Waals surface area contributed by atoms with E-state index < -0.39 is 74.3 Å². The van der Waals surface area contributed by atoms with Crippen molar-refractivity contribution in [3.8, 4) is 0 Å². The lowest BCUT2D eigenvalue weighted by Gasteiger charge is -2.20. The van der Waals surface area contributed by atoms with Gasteiger partial charge in [-0.25, -0.2) is 22.4 Å². The Morgan fingerprint density at radius 2 is 1.60 bits per heavy atom. The van der Waals surface area contributed by atoms with Crippen LogP contribution in [0.2, 0.25) is 5.02 Å². The summed E-state index contributed by atoms with van der Waals surface area (Å²) in [6, 6.07) is 7.34. The van der Waals surface area contributed by atoms with Crippen LogP contribution in [-0.2, 0) is 9.53 Å². The highest BCUT2D eigenvalue weighted by atomic mass is 79.9. The Hall–Kier alpha value is -3.06. The number of carbonyl (C=O) groups is 3. The molecule has 1 fully saturated rings. The SMILES string of the molecule is CC(C)(C)OC(=O)Nc1c(F)ccc(NC(=O)c2cc(NC(=O)[C@H]3[C@H](c4cc(F)cc(Br)c4F)C3(Cl)Cl)ccc2Cl)c1F. The third-order valence-electron chi connectivity index (χ3n) is 6.14. The third kappa shape index (κ3) is 7.19. The molecule has 0 aliphatic heterocycles. The Balaban J connectivity index is 1.52. The van der Waals surface area contributed by atoms with E-state index in [0.717, 1.165) is 30.3 Å². The summed E-state index contributed by atoms with van der Waals surface area (Å²) in [5.41, 5.74) is -2.67. The van der Waals surface area contributed by atoms with Crippen molar-refractivity contribution >= 4 is 85.7 Å². The predicted molar refractivity (Wildman–Crippen MR) is 159 cm³/mol. The number of anilines is 3. The van der Waals surface area contributed by atoms with Crippen LogP contribution in [0.25, 0.3) is 0 Å². The van der Waals surface area contributed by atoms with Crippen LogP contribution in [0.4, 0.5) is 39.4 Å². The standard InChI is InChI=1S/C28H21BrCl3F4N3O4/c1-27(2,3)43-26(42)39-23-17(34)6-7-18(22(23)36)38-24(40)13-10-12(4-5-16(13)30)37-25(41)20-19(28(20,31)32)14-8-11(33)9-15(29)21(14)35/h4-10,19-20H,1-3H3,(H,37,41)(H,38,40)(H,39,42)/t19-,20+/m0/s1. The van der Waals surface area contributed by atoms with Crippen molar-refractivity contribution in [1.29, 1.82) is 0 Å². The van der Waals surface area contributed by atoms with Gasteiger partial charge in [-0.05, 0) is 84.7 Å². The highest BCUT2D eigenvalue weighted by molar-refractivity contribution is 9.10. The first-order chi connectivity index (χ1) is 19.9. The Kier molecular flexibility index (Phi) is 9.28. The van der Waals surface area contributed by atoms with E-state index in [4.69, 9.17) is 39.5 Å². The van der Waals surface area contributed by atoms with Gasteiger partial charge in [0, 0.05) is 11.6 Å². The number of ether oxygens (including phenoxy) is 1. The van der Waals surface area contributed by atoms with E-state index in [0.29, 0.717) is 0 Å². The number of halogens is 8. The molecular formula is C28H21BrCl3F4N3O4. The molecule has 15 heteroatoms. The third-order valence-corrected chi connectivity index (χ3v) is 7.98. The van der Waals surface area contributed by atoms with Gasteiger partial charge < -0.3 is 15.4 Å². The van der Waals surface area contributed by atoms with Crippen molar-refractivity contribution in [2.24, 2.45) is 5.92 Å². The Morgan fingerprint density at radius 1 is 0.930 bits per heavy atom. The minimum absolute atomic E-state index is 0.0436. The first-order valence-electron chi connectivity index (χ1n) is 12.3. The fraction of sp³-hybridized carbons (Fsp3) is 0.250. The molecule has 1 saturated carbocycles. The van der Waals surface area contributed by atoms with Gasteiger partial charge in [0.15, 0.2) is 5.82 Å². The molecule has 3 amide bonds. The number of alkyl halides is 2. The van der Waals surface area contributed by atoms with Crippen LogP contribution < -0.4 is 16.0 Å². The van der Waals surface area contributed by atoms with Crippen LogP contribution in [0.5, 0.6) is 0 Å². The number of benzene rings is 3. The summed E-state index contributed by atoms with van der Waals surface area (Å²) in [4.78, 5) is 38.1. The second-order valence-electron chi connectivity index (χ2n) is 10.5. The van der Waals surface area contributed by atoms with E-state index >= 15 is 4.39 Å². The molecule has 0 bridgehead atoms. The van der Waals surface area contributed by atoms with Gasteiger partial charge in [0.05, 0.1) is 26.7 Å². The van der Waals surface area contributed by atoms with Crippen molar-refractivity contribution in [1.82, 2.24) is 0 Å². The topological polar surface area (TPSA) is 96.5 Å². The van der Waals surface area contributed by atoms with Gasteiger partial charge >= 0.3 is 6.09 Å². The molecule has 0 radical (unpaired) electrons. The van der Waals surface area contributed by atoms with Gasteiger partial charge in [-0.2, -0.15) is 0 Å². The fourth-order valence-electron chi connectivity index (χ4n) is 4.20. The molecule has 0 saturated heterocycles. The van der Waals surface area contributed by atoms with Crippen molar-refractivity contribution in [2.45, 2.75) is 36.6 Å². The molecule has 0 spiro atoms. The van der Waals surface area contributed by atoms with Crippen LogP contribution in [-0.4, -0.2) is 27.8 Å². The van der Waals surface area contributed by atoms with E-state index in [1.807, 2.05) is 5.32 Å². The number of carbonyl (C=O) groups excluding carboxylic acids is 3. The van der Waals surface area contributed by atoms with Gasteiger partial charge in [0.25, 0.3) is 5.91 Å². The summed E-state index contributed by atoms with van der Waals surface area (Å²) in [6.07, 6.45) is -1.12. The molecule has 1 aliphatic carbocycles. The summed E-state index contributed by atoms with van der Waals surface area (Å²) < 4.78 is 61.0. The minimum Gasteiger partial charge on any atom is -0.444 e. The predicted octanol–water partition coefficient (Wildman–Crippen LogP) is 8.78. The van der Waals surface area contributed by atoms with Gasteiger partial charge in [0.2, 0.25) is 5.91 Å². The molecule has 3 N–H and O–H groups in total. The molecule has 3 aromatic carbocycles. The summed E-state index contributed by atoms with van der Waals surface area (Å²) in [7, 11) is 0. The van der Waals surface area contributed by atoms with E-state index in [1.165, 1.54) is 12.1 Å². The molecule has 0 unspecified atom stereocenters. The second-order valence-corrected chi connectivity index (χ2v) is 13.2. The van der Waals surface area contributed by atoms with Crippen molar-refractivity contribution in [2.75, 3.05) is 16.0 Å². The maximum absolute atomic E-state index is 15.1. The summed E-state index contributed by atoms with van der Waals surface area (Å²) in [5, 5.41) is 6.62. The van der Waals surface area contributed by atoms with E-state index in [-0.39, 0.29) is 26.3 Å². The van der Waals surface area contributed by atoms with Gasteiger partial charge in [0.1, 0.15) is 33.1 Å². The quantitative estimate of drug-likeness (QED) is 0.135. The van der Waals surface area contributed by atoms with Crippen LogP contribution in [0.3, 0.4) is 0 Å². The highest BCUT2D eigenvalue weighted by Crippen LogP contribution is 2.65. The molecule has 2 atom stereocenters. The zero-order valence-electron chi connectivity index (χ0n) is 22.4. The minimum atomic E-state index is -1.75. The molecule has 4 rings (SSSR count). The molecule has 43 heavy (non-hydrogen) atoms. The summed E-state index contributed by atoms with van der Waals surface area (Å²) in [6.45, 7) is 4.68. The molecule has 0 aromatic heterocycles. The number of hydrogen-bond acceptors (Lipinski definition) is 4. The molecular weight excluding hydrogens is 705 g/mol. The first kappa shape index (κ1) is 32.8. The maximum atomic E-state index is 15.1. The van der Waals surface area contributed by atoms with Gasteiger partial charge in [-0.3, -0.25) is 14.9 Å². The molecule has 3 aromatic rings. The molecule has 0 heterocycles. The van der Waals surface area contributed by atoms with Crippen LogP contribution in [0.15, 0.2) is 46.9 Å². The average Bonchev–Trinajstić information content (AvgIpc) is 3.47. The number of amides is 3. The highest BCUT2D eigenvalue weighted by Gasteiger charge is 2.68. The molecule has 228 valence electrons. The number of hydrogen-bond donors (Lipinski definition) is 3. The Labute approximate surface area is 266 Å². The Bertz CT molecular complexity index is 1650. The summed E-state index contributed by atoms with van der Waals surface area (Å²) >= 11 is 21.6. The van der Waals surface area contributed by atoms with Gasteiger partial charge in [-0.1, -0.05) is 11.6 Å². The number of nitrogens with one attached hydrogen (secondary N) is 3. The van der Waals surface area contributed by atoms with Crippen LogP contribution >= 0.6 is 50.7 Å². The zero-order chi connectivity index (χ0) is 32.0. The van der Waals surface area contributed by atoms with E-state index in [2.05, 4.69) is 26.6 Å². The average molecular weight is 726 g/mol. The number of rotatable bonds is 6. The first-order valence-corrected chi connectivity index (χ1v) is 14.3. The molecule has 1 aliphatic rings. The lowest BCUT2D eigenvalue weighted by molar-refractivity contribution is -0.117. The van der Waals surface area contributed by atoms with Crippen molar-refractivity contribution < 1.29 is 36.7 Å². The van der Waals surface area contributed by atoms with Crippen LogP contribution in [0, 0.1) is 29.2 Å². The Morgan fingerprint density at radius 3 is 2.26 bits per heavy atom. The van der Waals surface area contributed by atoms with Crippen molar-refractivity contribution in [3.63, 3.8) is 0 Å². The van der Waals surface area contributed by atoms with E-state index in [1.54, 1.807) is 20.8 Å².